The molecule has 0 aliphatic carbocycles. The summed E-state index contributed by atoms with van der Waals surface area (Å²) in [4.78, 5) is 0. The van der Waals surface area contributed by atoms with Crippen LogP contribution in [-0.2, 0) is 9.47 Å². The lowest BCUT2D eigenvalue weighted by Crippen LogP contribution is -2.44. The Morgan fingerprint density at radius 3 is 2.88 bits per heavy atom. The maximum Gasteiger partial charge on any atom is 0.208 e. The largest absolute Gasteiger partial charge is 0.472 e. The van der Waals surface area contributed by atoms with E-state index in [4.69, 9.17) is 9.47 Å². The van der Waals surface area contributed by atoms with Crippen molar-refractivity contribution in [3.63, 3.8) is 0 Å². The summed E-state index contributed by atoms with van der Waals surface area (Å²) in [6, 6.07) is 0. The molecule has 44 valence electrons. The highest BCUT2D eigenvalue weighted by atomic mass is 16.7. The van der Waals surface area contributed by atoms with Gasteiger partial charge in [0.15, 0.2) is 0 Å². The average Bonchev–Trinajstić information content (AvgIpc) is 2.09. The van der Waals surface area contributed by atoms with Crippen LogP contribution in [0.3, 0.4) is 0 Å². The molecule has 0 saturated carbocycles. The van der Waals surface area contributed by atoms with Gasteiger partial charge in [-0.3, -0.25) is 0 Å². The van der Waals surface area contributed by atoms with E-state index >= 15 is 0 Å². The lowest BCUT2D eigenvalue weighted by atomic mass is 9.99. The second-order valence-corrected chi connectivity index (χ2v) is 2.25. The normalized spacial score (nSPS) is 49.9. The molecule has 2 nitrogen and oxygen atoms in total. The van der Waals surface area contributed by atoms with Crippen molar-refractivity contribution < 1.29 is 9.47 Å². The van der Waals surface area contributed by atoms with E-state index in [1.54, 1.807) is 6.26 Å². The average molecular weight is 112 g/mol. The second-order valence-electron chi connectivity index (χ2n) is 2.25. The standard InChI is InChI=1S/C6H8O2/c1-4-5-2-3-7-6(5)8-4/h2-6H,1H3. The summed E-state index contributed by atoms with van der Waals surface area (Å²) in [6.07, 6.45) is 4.21. The fourth-order valence-corrected chi connectivity index (χ4v) is 1.11. The minimum absolute atomic E-state index is 0.0602. The minimum Gasteiger partial charge on any atom is -0.472 e. The molecule has 8 heavy (non-hydrogen) atoms. The smallest absolute Gasteiger partial charge is 0.208 e. The molecule has 0 N–H and O–H groups in total. The van der Waals surface area contributed by atoms with E-state index in [2.05, 4.69) is 13.0 Å². The molecule has 0 aromatic carbocycles. The summed E-state index contributed by atoms with van der Waals surface area (Å²) < 4.78 is 10.2. The number of hydrogen-bond donors (Lipinski definition) is 0. The molecule has 2 rings (SSSR count). The van der Waals surface area contributed by atoms with Gasteiger partial charge in [-0.1, -0.05) is 0 Å². The van der Waals surface area contributed by atoms with Crippen LogP contribution >= 0.6 is 0 Å². The molecule has 0 spiro atoms. The molecule has 2 aliphatic heterocycles. The summed E-state index contributed by atoms with van der Waals surface area (Å²) in [5.41, 5.74) is 0. The van der Waals surface area contributed by atoms with Crippen LogP contribution in [0.15, 0.2) is 12.3 Å². The fourth-order valence-electron chi connectivity index (χ4n) is 1.11. The summed E-state index contributed by atoms with van der Waals surface area (Å²) in [6.45, 7) is 2.06. The van der Waals surface area contributed by atoms with Gasteiger partial charge in [0.25, 0.3) is 0 Å². The Bertz CT molecular complexity index is 130. The van der Waals surface area contributed by atoms with Crippen molar-refractivity contribution >= 4 is 0 Å². The van der Waals surface area contributed by atoms with Gasteiger partial charge in [-0.15, -0.1) is 0 Å². The van der Waals surface area contributed by atoms with Crippen LogP contribution in [0.2, 0.25) is 0 Å². The first-order chi connectivity index (χ1) is 3.88. The molecule has 3 atom stereocenters. The number of ether oxygens (including phenoxy) is 2. The van der Waals surface area contributed by atoms with E-state index in [0.717, 1.165) is 0 Å². The van der Waals surface area contributed by atoms with Crippen LogP contribution in [0.5, 0.6) is 0 Å². The zero-order chi connectivity index (χ0) is 5.56. The molecular formula is C6H8O2. The molecule has 2 heteroatoms. The van der Waals surface area contributed by atoms with Crippen molar-refractivity contribution in [2.45, 2.75) is 19.3 Å². The van der Waals surface area contributed by atoms with E-state index in [0.29, 0.717) is 12.0 Å². The summed E-state index contributed by atoms with van der Waals surface area (Å²) in [7, 11) is 0. The summed E-state index contributed by atoms with van der Waals surface area (Å²) in [5, 5.41) is 0. The number of hydrogen-bond acceptors (Lipinski definition) is 2. The predicted molar refractivity (Wildman–Crippen MR) is 28.0 cm³/mol. The van der Waals surface area contributed by atoms with E-state index in [1.807, 2.05) is 0 Å². The van der Waals surface area contributed by atoms with E-state index < -0.39 is 0 Å². The topological polar surface area (TPSA) is 18.5 Å². The zero-order valence-corrected chi connectivity index (χ0v) is 4.70. The highest BCUT2D eigenvalue weighted by Gasteiger charge is 2.41. The molecule has 0 bridgehead atoms. The van der Waals surface area contributed by atoms with Crippen LogP contribution < -0.4 is 0 Å². The Balaban J connectivity index is 2.10. The Hall–Kier alpha value is -0.500. The molecule has 1 saturated heterocycles. The molecule has 0 aromatic rings. The molecule has 0 amide bonds. The maximum atomic E-state index is 5.18. The van der Waals surface area contributed by atoms with Crippen LogP contribution in [0.25, 0.3) is 0 Å². The summed E-state index contributed by atoms with van der Waals surface area (Å²) in [5.74, 6) is 0.537. The zero-order valence-electron chi connectivity index (χ0n) is 4.70. The van der Waals surface area contributed by atoms with Gasteiger partial charge in [0.2, 0.25) is 6.29 Å². The van der Waals surface area contributed by atoms with Gasteiger partial charge in [0.1, 0.15) is 0 Å². The first-order valence-electron chi connectivity index (χ1n) is 2.85. The van der Waals surface area contributed by atoms with Crippen molar-refractivity contribution in [3.05, 3.63) is 12.3 Å². The van der Waals surface area contributed by atoms with Gasteiger partial charge < -0.3 is 9.47 Å². The van der Waals surface area contributed by atoms with E-state index in [9.17, 15) is 0 Å². The first kappa shape index (κ1) is 4.39. The minimum atomic E-state index is 0.0602. The molecule has 2 heterocycles. The Labute approximate surface area is 48.1 Å². The third kappa shape index (κ3) is 0.364. The molecule has 0 radical (unpaired) electrons. The van der Waals surface area contributed by atoms with E-state index in [1.165, 1.54) is 0 Å². The number of fused-ring (bicyclic) bond motifs is 1. The lowest BCUT2D eigenvalue weighted by Gasteiger charge is -2.35. The molecule has 3 unspecified atom stereocenters. The van der Waals surface area contributed by atoms with Crippen molar-refractivity contribution in [3.8, 4) is 0 Å². The van der Waals surface area contributed by atoms with Crippen LogP contribution in [0, 0.1) is 5.92 Å². The van der Waals surface area contributed by atoms with Crippen LogP contribution in [0.4, 0.5) is 0 Å². The third-order valence-corrected chi connectivity index (χ3v) is 1.72. The number of rotatable bonds is 0. The SMILES string of the molecule is CC1OC2OC=CC12. The molecule has 0 aromatic heterocycles. The lowest BCUT2D eigenvalue weighted by molar-refractivity contribution is -0.247. The van der Waals surface area contributed by atoms with Gasteiger partial charge in [0, 0.05) is 0 Å². The summed E-state index contributed by atoms with van der Waals surface area (Å²) >= 11 is 0. The Morgan fingerprint density at radius 2 is 2.38 bits per heavy atom. The van der Waals surface area contributed by atoms with Crippen LogP contribution in [0.1, 0.15) is 6.92 Å². The van der Waals surface area contributed by atoms with Gasteiger partial charge in [0.05, 0.1) is 18.3 Å². The van der Waals surface area contributed by atoms with Crippen molar-refractivity contribution in [1.82, 2.24) is 0 Å². The first-order valence-corrected chi connectivity index (χ1v) is 2.85. The van der Waals surface area contributed by atoms with Gasteiger partial charge >= 0.3 is 0 Å². The Kier molecular flexibility index (Phi) is 0.690. The fraction of sp³-hybridized carbons (Fsp3) is 0.667. The molecule has 1 fully saturated rings. The van der Waals surface area contributed by atoms with Crippen molar-refractivity contribution in [2.75, 3.05) is 0 Å². The Morgan fingerprint density at radius 1 is 1.50 bits per heavy atom. The molecule has 2 aliphatic rings. The highest BCUT2D eigenvalue weighted by molar-refractivity contribution is 5.00. The van der Waals surface area contributed by atoms with Gasteiger partial charge in [-0.25, -0.2) is 0 Å². The quantitative estimate of drug-likeness (QED) is 0.463. The highest BCUT2D eigenvalue weighted by Crippen LogP contribution is 2.34. The van der Waals surface area contributed by atoms with Crippen molar-refractivity contribution in [1.29, 1.82) is 0 Å². The van der Waals surface area contributed by atoms with Gasteiger partial charge in [-0.2, -0.15) is 0 Å². The second kappa shape index (κ2) is 1.26. The van der Waals surface area contributed by atoms with Crippen molar-refractivity contribution in [2.24, 2.45) is 5.92 Å². The molecular weight excluding hydrogens is 104 g/mol. The third-order valence-electron chi connectivity index (χ3n) is 1.72. The maximum absolute atomic E-state index is 5.18. The monoisotopic (exact) mass is 112 g/mol. The van der Waals surface area contributed by atoms with E-state index in [-0.39, 0.29) is 6.29 Å². The predicted octanol–water partition coefficient (Wildman–Crippen LogP) is 0.891. The van der Waals surface area contributed by atoms with Gasteiger partial charge in [-0.05, 0) is 13.0 Å². The van der Waals surface area contributed by atoms with Crippen LogP contribution in [-0.4, -0.2) is 12.4 Å².